The van der Waals surface area contributed by atoms with Crippen molar-refractivity contribution in [3.63, 3.8) is 0 Å². The summed E-state index contributed by atoms with van der Waals surface area (Å²) in [6.45, 7) is 2.48. The molecule has 3 rings (SSSR count). The van der Waals surface area contributed by atoms with E-state index in [1.807, 2.05) is 60.7 Å². The van der Waals surface area contributed by atoms with Crippen molar-refractivity contribution < 1.29 is 9.59 Å². The number of rotatable bonds is 6. The van der Waals surface area contributed by atoms with E-state index in [2.05, 4.69) is 15.5 Å². The summed E-state index contributed by atoms with van der Waals surface area (Å²) in [6, 6.07) is 19.4. The number of nitrogens with zero attached hydrogens (tertiary/aromatic N) is 1. The van der Waals surface area contributed by atoms with E-state index in [1.54, 1.807) is 0 Å². The largest absolute Gasteiger partial charge is 0.351 e. The second kappa shape index (κ2) is 9.15. The molecule has 0 bridgehead atoms. The van der Waals surface area contributed by atoms with Gasteiger partial charge in [0.15, 0.2) is 0 Å². The number of amides is 2. The molecule has 5 nitrogen and oxygen atoms in total. The van der Waals surface area contributed by atoms with Crippen molar-refractivity contribution in [2.45, 2.75) is 19.4 Å². The average molecular weight is 351 g/mol. The van der Waals surface area contributed by atoms with E-state index < -0.39 is 0 Å². The predicted octanol–water partition coefficient (Wildman–Crippen LogP) is 2.65. The maximum Gasteiger partial charge on any atom is 0.234 e. The van der Waals surface area contributed by atoms with E-state index in [-0.39, 0.29) is 17.7 Å². The topological polar surface area (TPSA) is 61.4 Å². The van der Waals surface area contributed by atoms with Crippen molar-refractivity contribution in [1.29, 1.82) is 0 Å². The Hall–Kier alpha value is -2.66. The van der Waals surface area contributed by atoms with E-state index in [4.69, 9.17) is 0 Å². The third-order valence-corrected chi connectivity index (χ3v) is 4.70. The molecule has 5 heteroatoms. The minimum absolute atomic E-state index is 0.0128. The third-order valence-electron chi connectivity index (χ3n) is 4.70. The van der Waals surface area contributed by atoms with Crippen LogP contribution in [0.4, 0.5) is 5.69 Å². The number of hydrogen-bond acceptors (Lipinski definition) is 3. The summed E-state index contributed by atoms with van der Waals surface area (Å²) in [4.78, 5) is 26.6. The van der Waals surface area contributed by atoms with Crippen LogP contribution in [0.25, 0.3) is 0 Å². The van der Waals surface area contributed by atoms with Crippen LogP contribution in [0.5, 0.6) is 0 Å². The van der Waals surface area contributed by atoms with Gasteiger partial charge < -0.3 is 10.6 Å². The van der Waals surface area contributed by atoms with Crippen molar-refractivity contribution in [1.82, 2.24) is 10.2 Å². The number of carbonyl (C=O) groups excluding carboxylic acids is 2. The van der Waals surface area contributed by atoms with Gasteiger partial charge in [0.2, 0.25) is 11.8 Å². The Morgan fingerprint density at radius 3 is 2.19 bits per heavy atom. The summed E-state index contributed by atoms with van der Waals surface area (Å²) < 4.78 is 0. The zero-order valence-corrected chi connectivity index (χ0v) is 14.9. The Morgan fingerprint density at radius 2 is 1.54 bits per heavy atom. The third kappa shape index (κ3) is 5.43. The van der Waals surface area contributed by atoms with Crippen LogP contribution in [-0.2, 0) is 16.1 Å². The van der Waals surface area contributed by atoms with Crippen molar-refractivity contribution >= 4 is 17.5 Å². The van der Waals surface area contributed by atoms with E-state index in [9.17, 15) is 9.59 Å². The van der Waals surface area contributed by atoms with E-state index in [0.717, 1.165) is 37.2 Å². The van der Waals surface area contributed by atoms with Crippen LogP contribution in [0.2, 0.25) is 0 Å². The van der Waals surface area contributed by atoms with Gasteiger partial charge in [-0.3, -0.25) is 14.5 Å². The maximum atomic E-state index is 12.3. The number of para-hydroxylation sites is 1. The first-order valence-electron chi connectivity index (χ1n) is 9.09. The SMILES string of the molecule is O=C(CN1CCC(C(=O)Nc2ccccc2)CC1)NCc1ccccc1. The van der Waals surface area contributed by atoms with Crippen molar-refractivity contribution in [3.05, 3.63) is 66.2 Å². The Morgan fingerprint density at radius 1 is 0.923 bits per heavy atom. The molecule has 1 saturated heterocycles. The molecule has 1 aliphatic rings. The number of likely N-dealkylation sites (tertiary alicyclic amines) is 1. The first-order chi connectivity index (χ1) is 12.7. The van der Waals surface area contributed by atoms with Crippen molar-refractivity contribution in [2.75, 3.05) is 25.0 Å². The standard InChI is InChI=1S/C21H25N3O2/c25-20(22-15-17-7-3-1-4-8-17)16-24-13-11-18(12-14-24)21(26)23-19-9-5-2-6-10-19/h1-10,18H,11-16H2,(H,22,25)(H,23,26). The van der Waals surface area contributed by atoms with Gasteiger partial charge in [-0.2, -0.15) is 0 Å². The van der Waals surface area contributed by atoms with E-state index in [0.29, 0.717) is 13.1 Å². The lowest BCUT2D eigenvalue weighted by Gasteiger charge is -2.30. The number of piperidine rings is 1. The van der Waals surface area contributed by atoms with Gasteiger partial charge in [0.05, 0.1) is 6.54 Å². The van der Waals surface area contributed by atoms with Crippen molar-refractivity contribution in [2.24, 2.45) is 5.92 Å². The van der Waals surface area contributed by atoms with Crippen LogP contribution in [0.15, 0.2) is 60.7 Å². The molecule has 26 heavy (non-hydrogen) atoms. The molecule has 0 aromatic heterocycles. The predicted molar refractivity (Wildman–Crippen MR) is 103 cm³/mol. The van der Waals surface area contributed by atoms with Crippen LogP contribution >= 0.6 is 0 Å². The Balaban J connectivity index is 1.38. The monoisotopic (exact) mass is 351 g/mol. The summed E-state index contributed by atoms with van der Waals surface area (Å²) in [5, 5.41) is 5.92. The molecule has 1 aliphatic heterocycles. The van der Waals surface area contributed by atoms with Crippen molar-refractivity contribution in [3.8, 4) is 0 Å². The molecule has 0 atom stereocenters. The zero-order chi connectivity index (χ0) is 18.2. The number of anilines is 1. The fraction of sp³-hybridized carbons (Fsp3) is 0.333. The normalized spacial score (nSPS) is 15.4. The molecule has 2 aromatic rings. The molecule has 0 radical (unpaired) electrons. The van der Waals surface area contributed by atoms with Gasteiger partial charge in [0.25, 0.3) is 0 Å². The van der Waals surface area contributed by atoms with E-state index >= 15 is 0 Å². The molecule has 1 fully saturated rings. The van der Waals surface area contributed by atoms with Gasteiger partial charge in [-0.15, -0.1) is 0 Å². The molecule has 0 aliphatic carbocycles. The van der Waals surface area contributed by atoms with Gasteiger partial charge in [-0.05, 0) is 43.6 Å². The van der Waals surface area contributed by atoms with Crippen LogP contribution in [-0.4, -0.2) is 36.3 Å². The van der Waals surface area contributed by atoms with Gasteiger partial charge in [0.1, 0.15) is 0 Å². The molecule has 2 amide bonds. The molecule has 2 N–H and O–H groups in total. The summed E-state index contributed by atoms with van der Waals surface area (Å²) >= 11 is 0. The van der Waals surface area contributed by atoms with Gasteiger partial charge in [0, 0.05) is 18.2 Å². The molecular weight excluding hydrogens is 326 g/mol. The second-order valence-electron chi connectivity index (χ2n) is 6.67. The molecule has 136 valence electrons. The zero-order valence-electron chi connectivity index (χ0n) is 14.9. The van der Waals surface area contributed by atoms with E-state index in [1.165, 1.54) is 0 Å². The molecule has 0 unspecified atom stereocenters. The van der Waals surface area contributed by atoms with Crippen LogP contribution < -0.4 is 10.6 Å². The first kappa shape index (κ1) is 18.1. The number of carbonyl (C=O) groups is 2. The van der Waals surface area contributed by atoms with Gasteiger partial charge >= 0.3 is 0 Å². The maximum absolute atomic E-state index is 12.3. The average Bonchev–Trinajstić information content (AvgIpc) is 2.68. The lowest BCUT2D eigenvalue weighted by molar-refractivity contribution is -0.123. The number of nitrogens with one attached hydrogen (secondary N) is 2. The van der Waals surface area contributed by atoms with Crippen LogP contribution in [0.3, 0.4) is 0 Å². The van der Waals surface area contributed by atoms with Crippen LogP contribution in [0, 0.1) is 5.92 Å². The highest BCUT2D eigenvalue weighted by atomic mass is 16.2. The molecular formula is C21H25N3O2. The summed E-state index contributed by atoms with van der Waals surface area (Å²) in [5.74, 6) is 0.115. The molecule has 2 aromatic carbocycles. The van der Waals surface area contributed by atoms with Gasteiger partial charge in [-0.25, -0.2) is 0 Å². The number of hydrogen-bond donors (Lipinski definition) is 2. The lowest BCUT2D eigenvalue weighted by Crippen LogP contribution is -2.43. The van der Waals surface area contributed by atoms with Gasteiger partial charge in [-0.1, -0.05) is 48.5 Å². The fourth-order valence-corrected chi connectivity index (χ4v) is 3.17. The summed E-state index contributed by atoms with van der Waals surface area (Å²) in [5.41, 5.74) is 1.93. The summed E-state index contributed by atoms with van der Waals surface area (Å²) in [7, 11) is 0. The minimum atomic E-state index is 0.0128. The highest BCUT2D eigenvalue weighted by Gasteiger charge is 2.25. The minimum Gasteiger partial charge on any atom is -0.351 e. The molecule has 1 heterocycles. The lowest BCUT2D eigenvalue weighted by atomic mass is 9.96. The smallest absolute Gasteiger partial charge is 0.234 e. The summed E-state index contributed by atoms with van der Waals surface area (Å²) in [6.07, 6.45) is 1.56. The fourth-order valence-electron chi connectivity index (χ4n) is 3.17. The quantitative estimate of drug-likeness (QED) is 0.841. The highest BCUT2D eigenvalue weighted by Crippen LogP contribution is 2.19. The first-order valence-corrected chi connectivity index (χ1v) is 9.09. The number of benzene rings is 2. The van der Waals surface area contributed by atoms with Crippen LogP contribution in [0.1, 0.15) is 18.4 Å². The Labute approximate surface area is 154 Å². The highest BCUT2D eigenvalue weighted by molar-refractivity contribution is 5.92. The molecule has 0 saturated carbocycles. The second-order valence-corrected chi connectivity index (χ2v) is 6.67. The molecule has 0 spiro atoms. The Kier molecular flexibility index (Phi) is 6.39. The Bertz CT molecular complexity index is 711.